The molecule has 2 aromatic rings. The lowest BCUT2D eigenvalue weighted by Gasteiger charge is -2.46. The molecule has 2 aromatic carbocycles. The van der Waals surface area contributed by atoms with Gasteiger partial charge in [0.15, 0.2) is 6.23 Å². The molecule has 0 bridgehead atoms. The summed E-state index contributed by atoms with van der Waals surface area (Å²) in [7, 11) is 0. The molecule has 8 heteroatoms. The van der Waals surface area contributed by atoms with Crippen molar-refractivity contribution in [3.63, 3.8) is 0 Å². The Kier molecular flexibility index (Phi) is 10.1. The zero-order valence-corrected chi connectivity index (χ0v) is 24.0. The third-order valence-electron chi connectivity index (χ3n) is 8.78. The average molecular weight is 550 g/mol. The number of aryl methyl sites for hydroxylation is 1. The van der Waals surface area contributed by atoms with Gasteiger partial charge in [-0.1, -0.05) is 68.7 Å². The van der Waals surface area contributed by atoms with E-state index in [1.807, 2.05) is 30.3 Å². The Labute approximate surface area is 239 Å². The van der Waals surface area contributed by atoms with Gasteiger partial charge >= 0.3 is 0 Å². The van der Waals surface area contributed by atoms with Crippen LogP contribution in [0, 0.1) is 0 Å². The van der Waals surface area contributed by atoms with Gasteiger partial charge in [-0.3, -0.25) is 9.69 Å². The summed E-state index contributed by atoms with van der Waals surface area (Å²) in [5.41, 5.74) is 4.90. The molecule has 8 nitrogen and oxygen atoms in total. The third-order valence-corrected chi connectivity index (χ3v) is 8.78. The number of hydrogen-bond donors (Lipinski definition) is 5. The molecule has 1 spiro atoms. The van der Waals surface area contributed by atoms with Crippen LogP contribution in [-0.4, -0.2) is 73.1 Å². The Morgan fingerprint density at radius 1 is 1.10 bits per heavy atom. The van der Waals surface area contributed by atoms with Crippen molar-refractivity contribution in [1.82, 2.24) is 20.9 Å². The number of carbonyl (C=O) groups is 1. The highest BCUT2D eigenvalue weighted by atomic mass is 16.5. The van der Waals surface area contributed by atoms with Gasteiger partial charge in [-0.05, 0) is 48.4 Å². The minimum absolute atomic E-state index is 0.0995. The van der Waals surface area contributed by atoms with Gasteiger partial charge in [-0.2, -0.15) is 0 Å². The van der Waals surface area contributed by atoms with Gasteiger partial charge in [0.05, 0.1) is 13.2 Å². The van der Waals surface area contributed by atoms with Crippen molar-refractivity contribution in [3.05, 3.63) is 65.2 Å². The van der Waals surface area contributed by atoms with E-state index in [0.717, 1.165) is 44.6 Å². The Hall–Kier alpha value is -2.49. The van der Waals surface area contributed by atoms with Gasteiger partial charge in [-0.15, -0.1) is 0 Å². The largest absolute Gasteiger partial charge is 0.387 e. The molecule has 1 saturated carbocycles. The fourth-order valence-corrected chi connectivity index (χ4v) is 6.47. The summed E-state index contributed by atoms with van der Waals surface area (Å²) in [5, 5.41) is 25.3. The maximum absolute atomic E-state index is 13.0. The summed E-state index contributed by atoms with van der Waals surface area (Å²) in [6.45, 7) is 6.56. The predicted molar refractivity (Wildman–Crippen MR) is 159 cm³/mol. The Morgan fingerprint density at radius 3 is 2.62 bits per heavy atom. The minimum Gasteiger partial charge on any atom is -0.387 e. The first kappa shape index (κ1) is 29.0. The summed E-state index contributed by atoms with van der Waals surface area (Å²) in [4.78, 5) is 15.1. The van der Waals surface area contributed by atoms with Gasteiger partial charge in [0.1, 0.15) is 6.10 Å². The normalized spacial score (nSPS) is 22.2. The van der Waals surface area contributed by atoms with Crippen LogP contribution < -0.4 is 21.3 Å². The maximum Gasteiger partial charge on any atom is 0.236 e. The van der Waals surface area contributed by atoms with Crippen molar-refractivity contribution < 1.29 is 14.6 Å². The van der Waals surface area contributed by atoms with Crippen LogP contribution in [0.15, 0.2) is 48.5 Å². The van der Waals surface area contributed by atoms with Gasteiger partial charge < -0.3 is 31.1 Å². The van der Waals surface area contributed by atoms with E-state index in [2.05, 4.69) is 51.3 Å². The van der Waals surface area contributed by atoms with Gasteiger partial charge in [0.25, 0.3) is 0 Å². The van der Waals surface area contributed by atoms with Crippen molar-refractivity contribution in [2.45, 2.75) is 82.4 Å². The highest BCUT2D eigenvalue weighted by Gasteiger charge is 2.40. The Bertz CT molecular complexity index is 1090. The van der Waals surface area contributed by atoms with Crippen LogP contribution in [0.2, 0.25) is 0 Å². The first-order valence-corrected chi connectivity index (χ1v) is 15.2. The quantitative estimate of drug-likeness (QED) is 0.274. The van der Waals surface area contributed by atoms with E-state index in [4.69, 9.17) is 4.74 Å². The van der Waals surface area contributed by atoms with Crippen LogP contribution in [0.25, 0.3) is 0 Å². The molecule has 0 unspecified atom stereocenters. The SMILES string of the molecule is CCc1ccc2c(c1)[C@H](NC[C@@H](O)[C@@H](NC(=O)CN1CCNCC1)OCc1ccccc1)CC1(CCCCC1)N2. The van der Waals surface area contributed by atoms with Crippen LogP contribution in [0.1, 0.15) is 68.2 Å². The fraction of sp³-hybridized carbons (Fsp3) is 0.594. The number of hydrogen-bond acceptors (Lipinski definition) is 7. The number of amides is 1. The number of nitrogens with one attached hydrogen (secondary N) is 4. The molecular formula is C32H47N5O3. The summed E-state index contributed by atoms with van der Waals surface area (Å²) >= 11 is 0. The lowest BCUT2D eigenvalue weighted by molar-refractivity contribution is -0.132. The fourth-order valence-electron chi connectivity index (χ4n) is 6.47. The van der Waals surface area contributed by atoms with Gasteiger partial charge in [-0.25, -0.2) is 0 Å². The predicted octanol–water partition coefficient (Wildman–Crippen LogP) is 3.32. The first-order valence-electron chi connectivity index (χ1n) is 15.2. The van der Waals surface area contributed by atoms with Crippen LogP contribution in [-0.2, 0) is 22.6 Å². The zero-order valence-electron chi connectivity index (χ0n) is 24.0. The number of fused-ring (bicyclic) bond motifs is 1. The van der Waals surface area contributed by atoms with Crippen molar-refractivity contribution in [3.8, 4) is 0 Å². The number of aliphatic hydroxyl groups excluding tert-OH is 1. The topological polar surface area (TPSA) is 97.9 Å². The standard InChI is InChI=1S/C32H47N5O3/c1-2-24-11-12-27-26(19-24)28(20-32(36-27)13-7-4-8-14-32)34-21-29(38)31(40-23-25-9-5-3-6-10-25)35-30(39)22-37-17-15-33-16-18-37/h3,5-6,9-12,19,28-29,31,33-34,36,38H,2,4,7-8,13-18,20-23H2,1H3,(H,35,39)/t28-,29-,31+/m1/s1. The molecule has 3 aliphatic rings. The molecule has 2 fully saturated rings. The number of ether oxygens (including phenoxy) is 1. The van der Waals surface area contributed by atoms with Crippen LogP contribution in [0.3, 0.4) is 0 Å². The Balaban J connectivity index is 1.27. The highest BCUT2D eigenvalue weighted by molar-refractivity contribution is 5.78. The Morgan fingerprint density at radius 2 is 1.88 bits per heavy atom. The number of rotatable bonds is 11. The molecule has 1 amide bonds. The van der Waals surface area contributed by atoms with Crippen molar-refractivity contribution in [2.75, 3.05) is 44.6 Å². The summed E-state index contributed by atoms with van der Waals surface area (Å²) in [6.07, 6.45) is 6.42. The molecule has 5 rings (SSSR count). The molecule has 3 atom stereocenters. The van der Waals surface area contributed by atoms with Crippen molar-refractivity contribution >= 4 is 11.6 Å². The number of carbonyl (C=O) groups excluding carboxylic acids is 1. The van der Waals surface area contributed by atoms with E-state index in [9.17, 15) is 9.90 Å². The third kappa shape index (κ3) is 7.62. The summed E-state index contributed by atoms with van der Waals surface area (Å²) < 4.78 is 6.14. The molecule has 5 N–H and O–H groups in total. The van der Waals surface area contributed by atoms with Crippen molar-refractivity contribution in [2.24, 2.45) is 0 Å². The molecule has 0 radical (unpaired) electrons. The molecule has 1 aliphatic carbocycles. The first-order chi connectivity index (χ1) is 19.5. The molecule has 0 aromatic heterocycles. The maximum atomic E-state index is 13.0. The van der Waals surface area contributed by atoms with Gasteiger partial charge in [0.2, 0.25) is 5.91 Å². The minimum atomic E-state index is -0.898. The number of anilines is 1. The molecule has 218 valence electrons. The number of piperazine rings is 1. The smallest absolute Gasteiger partial charge is 0.236 e. The lowest BCUT2D eigenvalue weighted by Crippen LogP contribution is -2.54. The zero-order chi connectivity index (χ0) is 27.8. The monoisotopic (exact) mass is 549 g/mol. The number of benzene rings is 2. The molecule has 2 aliphatic heterocycles. The van der Waals surface area contributed by atoms with Crippen molar-refractivity contribution in [1.29, 1.82) is 0 Å². The molecule has 40 heavy (non-hydrogen) atoms. The highest BCUT2D eigenvalue weighted by Crippen LogP contribution is 2.44. The second-order valence-corrected chi connectivity index (χ2v) is 11.8. The average Bonchev–Trinajstić information content (AvgIpc) is 2.99. The van der Waals surface area contributed by atoms with Crippen LogP contribution in [0.5, 0.6) is 0 Å². The van der Waals surface area contributed by atoms with E-state index in [-0.39, 0.29) is 17.5 Å². The van der Waals surface area contributed by atoms with E-state index in [0.29, 0.717) is 19.7 Å². The van der Waals surface area contributed by atoms with Crippen LogP contribution in [0.4, 0.5) is 5.69 Å². The van der Waals surface area contributed by atoms with E-state index in [1.165, 1.54) is 48.9 Å². The van der Waals surface area contributed by atoms with E-state index in [1.54, 1.807) is 0 Å². The number of nitrogens with zero attached hydrogens (tertiary/aromatic N) is 1. The van der Waals surface area contributed by atoms with Crippen LogP contribution >= 0.6 is 0 Å². The molecule has 2 heterocycles. The summed E-state index contributed by atoms with van der Waals surface area (Å²) in [5.74, 6) is -0.125. The molecule has 1 saturated heterocycles. The van der Waals surface area contributed by atoms with E-state index >= 15 is 0 Å². The lowest BCUT2D eigenvalue weighted by atomic mass is 9.73. The van der Waals surface area contributed by atoms with E-state index < -0.39 is 12.3 Å². The summed E-state index contributed by atoms with van der Waals surface area (Å²) in [6, 6.07) is 16.8. The molecular weight excluding hydrogens is 502 g/mol. The number of aliphatic hydroxyl groups is 1. The van der Waals surface area contributed by atoms with Gasteiger partial charge in [0, 0.05) is 50.0 Å². The second-order valence-electron chi connectivity index (χ2n) is 11.8. The second kappa shape index (κ2) is 13.9.